The van der Waals surface area contributed by atoms with Gasteiger partial charge in [-0.15, -0.1) is 11.3 Å². The summed E-state index contributed by atoms with van der Waals surface area (Å²) in [5.41, 5.74) is 0.985. The second-order valence-electron chi connectivity index (χ2n) is 5.63. The molecule has 0 saturated heterocycles. The number of ether oxygens (including phenoxy) is 1. The molecule has 0 fully saturated rings. The molecule has 1 atom stereocenters. The Hall–Kier alpha value is -1.32. The third kappa shape index (κ3) is 3.17. The van der Waals surface area contributed by atoms with Gasteiger partial charge in [0, 0.05) is 9.75 Å². The van der Waals surface area contributed by atoms with Crippen molar-refractivity contribution in [2.24, 2.45) is 0 Å². The molecule has 0 saturated carbocycles. The number of thiophene rings is 1. The van der Waals surface area contributed by atoms with Crippen molar-refractivity contribution in [1.82, 2.24) is 0 Å². The topological polar surface area (TPSA) is 29.5 Å². The van der Waals surface area contributed by atoms with Crippen molar-refractivity contribution in [3.05, 3.63) is 51.7 Å². The summed E-state index contributed by atoms with van der Waals surface area (Å²) in [7, 11) is 1.63. The summed E-state index contributed by atoms with van der Waals surface area (Å²) in [4.78, 5) is 2.25. The van der Waals surface area contributed by atoms with Crippen LogP contribution in [-0.2, 0) is 5.41 Å². The van der Waals surface area contributed by atoms with Gasteiger partial charge in [-0.3, -0.25) is 0 Å². The van der Waals surface area contributed by atoms with E-state index in [2.05, 4.69) is 26.8 Å². The molecule has 1 unspecified atom stereocenters. The summed E-state index contributed by atoms with van der Waals surface area (Å²) in [6, 6.07) is 11.7. The second kappa shape index (κ2) is 5.35. The van der Waals surface area contributed by atoms with E-state index in [-0.39, 0.29) is 5.41 Å². The van der Waals surface area contributed by atoms with Crippen molar-refractivity contribution in [2.75, 3.05) is 7.11 Å². The highest BCUT2D eigenvalue weighted by atomic mass is 32.1. The van der Waals surface area contributed by atoms with E-state index < -0.39 is 6.10 Å². The summed E-state index contributed by atoms with van der Waals surface area (Å²) < 4.78 is 5.19. The molecular weight excluding hydrogens is 256 g/mol. The van der Waals surface area contributed by atoms with Crippen LogP contribution in [0.15, 0.2) is 36.4 Å². The molecule has 2 aromatic rings. The van der Waals surface area contributed by atoms with Crippen LogP contribution < -0.4 is 4.74 Å². The zero-order chi connectivity index (χ0) is 14.0. The van der Waals surface area contributed by atoms with Crippen molar-refractivity contribution < 1.29 is 9.84 Å². The third-order valence-corrected chi connectivity index (χ3v) is 4.61. The van der Waals surface area contributed by atoms with Crippen LogP contribution in [0, 0.1) is 0 Å². The van der Waals surface area contributed by atoms with E-state index in [9.17, 15) is 5.11 Å². The summed E-state index contributed by atoms with van der Waals surface area (Å²) >= 11 is 1.67. The van der Waals surface area contributed by atoms with Gasteiger partial charge in [-0.05, 0) is 35.2 Å². The van der Waals surface area contributed by atoms with Crippen LogP contribution in [0.25, 0.3) is 0 Å². The van der Waals surface area contributed by atoms with E-state index >= 15 is 0 Å². The Bertz CT molecular complexity index is 552. The highest BCUT2D eigenvalue weighted by Gasteiger charge is 2.19. The van der Waals surface area contributed by atoms with Crippen LogP contribution in [0.4, 0.5) is 0 Å². The highest BCUT2D eigenvalue weighted by Crippen LogP contribution is 2.35. The SMILES string of the molecule is COc1cccc(C(O)c2ccc(C(C)(C)C)s2)c1. The Morgan fingerprint density at radius 2 is 1.89 bits per heavy atom. The molecular formula is C16H20O2S. The van der Waals surface area contributed by atoms with Crippen molar-refractivity contribution in [1.29, 1.82) is 0 Å². The number of methoxy groups -OCH3 is 1. The lowest BCUT2D eigenvalue weighted by molar-refractivity contribution is 0.223. The molecule has 0 bridgehead atoms. The maximum absolute atomic E-state index is 10.4. The predicted molar refractivity (Wildman–Crippen MR) is 80.1 cm³/mol. The Labute approximate surface area is 118 Å². The molecule has 2 nitrogen and oxygen atoms in total. The summed E-state index contributed by atoms with van der Waals surface area (Å²) in [5.74, 6) is 0.768. The van der Waals surface area contributed by atoms with Gasteiger partial charge < -0.3 is 9.84 Å². The Morgan fingerprint density at radius 1 is 1.16 bits per heavy atom. The van der Waals surface area contributed by atoms with Crippen molar-refractivity contribution >= 4 is 11.3 Å². The number of aliphatic hydroxyl groups excluding tert-OH is 1. The molecule has 1 N–H and O–H groups in total. The summed E-state index contributed by atoms with van der Waals surface area (Å²) in [6.45, 7) is 6.54. The second-order valence-corrected chi connectivity index (χ2v) is 6.75. The molecule has 1 heterocycles. The zero-order valence-corrected chi connectivity index (χ0v) is 12.6. The van der Waals surface area contributed by atoms with E-state index in [1.165, 1.54) is 4.88 Å². The molecule has 0 spiro atoms. The number of aliphatic hydroxyl groups is 1. The van der Waals surface area contributed by atoms with Gasteiger partial charge >= 0.3 is 0 Å². The van der Waals surface area contributed by atoms with Crippen molar-refractivity contribution in [3.8, 4) is 5.75 Å². The first-order chi connectivity index (χ1) is 8.91. The number of hydrogen-bond acceptors (Lipinski definition) is 3. The third-order valence-electron chi connectivity index (χ3n) is 3.05. The average molecular weight is 276 g/mol. The van der Waals surface area contributed by atoms with E-state index in [1.54, 1.807) is 18.4 Å². The summed E-state index contributed by atoms with van der Waals surface area (Å²) in [5, 5.41) is 10.4. The monoisotopic (exact) mass is 276 g/mol. The van der Waals surface area contributed by atoms with Crippen LogP contribution in [0.5, 0.6) is 5.75 Å². The van der Waals surface area contributed by atoms with Gasteiger partial charge in [0.2, 0.25) is 0 Å². The zero-order valence-electron chi connectivity index (χ0n) is 11.8. The molecule has 1 aromatic heterocycles. The fourth-order valence-corrected chi connectivity index (χ4v) is 2.96. The van der Waals surface area contributed by atoms with Crippen molar-refractivity contribution in [2.45, 2.75) is 32.3 Å². The first-order valence-corrected chi connectivity index (χ1v) is 7.15. The molecule has 0 amide bonds. The van der Waals surface area contributed by atoms with Crippen LogP contribution in [0.2, 0.25) is 0 Å². The fourth-order valence-electron chi connectivity index (χ4n) is 1.88. The Morgan fingerprint density at radius 3 is 2.47 bits per heavy atom. The minimum absolute atomic E-state index is 0.122. The molecule has 1 aromatic carbocycles. The maximum atomic E-state index is 10.4. The average Bonchev–Trinajstić information content (AvgIpc) is 2.87. The van der Waals surface area contributed by atoms with E-state index in [0.29, 0.717) is 0 Å². The van der Waals surface area contributed by atoms with Gasteiger partial charge in [-0.1, -0.05) is 32.9 Å². The maximum Gasteiger partial charge on any atom is 0.119 e. The molecule has 102 valence electrons. The smallest absolute Gasteiger partial charge is 0.119 e. The standard InChI is InChI=1S/C16H20O2S/c1-16(2,3)14-9-8-13(19-14)15(17)11-6-5-7-12(10-11)18-4/h5-10,15,17H,1-4H3. The van der Waals surface area contributed by atoms with Crippen LogP contribution in [0.1, 0.15) is 42.2 Å². The van der Waals surface area contributed by atoms with Crippen LogP contribution in [-0.4, -0.2) is 12.2 Å². The van der Waals surface area contributed by atoms with E-state index in [1.807, 2.05) is 30.3 Å². The largest absolute Gasteiger partial charge is 0.497 e. The van der Waals surface area contributed by atoms with Crippen LogP contribution in [0.3, 0.4) is 0 Å². The normalized spacial score (nSPS) is 13.3. The summed E-state index contributed by atoms with van der Waals surface area (Å²) in [6.07, 6.45) is -0.587. The van der Waals surface area contributed by atoms with Crippen LogP contribution >= 0.6 is 11.3 Å². The first-order valence-electron chi connectivity index (χ1n) is 6.34. The van der Waals surface area contributed by atoms with E-state index in [4.69, 9.17) is 4.74 Å². The highest BCUT2D eigenvalue weighted by molar-refractivity contribution is 7.12. The van der Waals surface area contributed by atoms with Gasteiger partial charge in [-0.2, -0.15) is 0 Å². The minimum Gasteiger partial charge on any atom is -0.497 e. The van der Waals surface area contributed by atoms with Gasteiger partial charge in [0.05, 0.1) is 7.11 Å². The van der Waals surface area contributed by atoms with E-state index in [0.717, 1.165) is 16.2 Å². The Kier molecular flexibility index (Phi) is 3.97. The quantitative estimate of drug-likeness (QED) is 0.913. The lowest BCUT2D eigenvalue weighted by Gasteiger charge is -2.16. The van der Waals surface area contributed by atoms with Gasteiger partial charge in [-0.25, -0.2) is 0 Å². The number of benzene rings is 1. The molecule has 3 heteroatoms. The number of hydrogen-bond donors (Lipinski definition) is 1. The lowest BCUT2D eigenvalue weighted by Crippen LogP contribution is -2.07. The van der Waals surface area contributed by atoms with Gasteiger partial charge in [0.15, 0.2) is 0 Å². The molecule has 0 radical (unpaired) electrons. The molecule has 0 aliphatic carbocycles. The predicted octanol–water partition coefficient (Wildman–Crippen LogP) is 4.14. The number of rotatable bonds is 3. The molecule has 0 aliphatic heterocycles. The molecule has 2 rings (SSSR count). The molecule has 0 aliphatic rings. The molecule has 19 heavy (non-hydrogen) atoms. The minimum atomic E-state index is -0.587. The fraction of sp³-hybridized carbons (Fsp3) is 0.375. The van der Waals surface area contributed by atoms with Gasteiger partial charge in [0.1, 0.15) is 11.9 Å². The Balaban J connectivity index is 2.28. The first kappa shape index (κ1) is 14.1. The lowest BCUT2D eigenvalue weighted by atomic mass is 9.95. The van der Waals surface area contributed by atoms with Crippen molar-refractivity contribution in [3.63, 3.8) is 0 Å². The van der Waals surface area contributed by atoms with Gasteiger partial charge in [0.25, 0.3) is 0 Å².